The van der Waals surface area contributed by atoms with E-state index in [9.17, 15) is 0 Å². The van der Waals surface area contributed by atoms with Crippen LogP contribution in [0.1, 0.15) is 0 Å². The van der Waals surface area contributed by atoms with Crippen LogP contribution in [-0.4, -0.2) is 750 Å². The summed E-state index contributed by atoms with van der Waals surface area (Å²) in [6.07, 6.45) is 26.4. The van der Waals surface area contributed by atoms with E-state index in [2.05, 4.69) is 418 Å². The Morgan fingerprint density at radius 1 is 0.0472 bits per heavy atom. The molecule has 0 heterocycles. The normalized spacial score (nSPS) is 9.85. The minimum absolute atomic E-state index is 0.392. The second-order valence-corrected chi connectivity index (χ2v) is 48.0. The Labute approximate surface area is 742 Å². The molecule has 0 atom stereocenters. The van der Waals surface area contributed by atoms with Gasteiger partial charge in [-0.25, -0.2) is 0 Å². The van der Waals surface area contributed by atoms with Crippen LogP contribution in [0.25, 0.3) is 0 Å². The highest BCUT2D eigenvalue weighted by molar-refractivity contribution is 8.45. The molecular weight excluding hydrogens is 1150 g/mol. The fourth-order valence-corrected chi connectivity index (χ4v) is 31.2. The lowest BCUT2D eigenvalue weighted by atomic mass is 8.18. The summed E-state index contributed by atoms with van der Waals surface area (Å²) in [6, 6.07) is 0. The zero-order valence-electron chi connectivity index (χ0n) is 84.0. The number of hydrogen-bond donors (Lipinski definition) is 0. The Balaban J connectivity index is 15.2. The van der Waals surface area contributed by atoms with Crippen molar-refractivity contribution < 1.29 is 0 Å². The van der Waals surface area contributed by atoms with Crippen LogP contribution in [0, 0.1) is 0 Å². The molecule has 0 aromatic carbocycles. The molecule has 0 fully saturated rings. The third-order valence-corrected chi connectivity index (χ3v) is 31.5. The summed E-state index contributed by atoms with van der Waals surface area (Å²) in [6.45, 7) is 0. The standard InChI is InChI=1S/B106H108/c1-55(2)82(56(3)4)95(81(53)54)102(96(83(57(5)6)58(7)8)84(59(9)10)60(11)12)105(101(93(77(45)46)78(47)48)94(79(49)50)80(51)52)106(103(97(85(61(13)14)62(15)16)86(63(17)18)64(19)20)98(87(65(21)22)66(23)24)88(67(25)26)68(27)28)104(99(89(69(29)30)70(31)32)90(71(33)34)72(35)36)100(91(73(37)38)74(39)40)92(75(41)42)76(43)44/h1-54H2. The lowest BCUT2D eigenvalue weighted by Gasteiger charge is -2.63. The molecule has 0 nitrogen and oxygen atoms in total. The van der Waals surface area contributed by atoms with Crippen LogP contribution < -0.4 is 0 Å². The Morgan fingerprint density at radius 3 is 0.142 bits per heavy atom. The molecule has 0 N–H and O–H groups in total. The van der Waals surface area contributed by atoms with E-state index in [1.807, 2.05) is 0 Å². The van der Waals surface area contributed by atoms with Gasteiger partial charge in [-0.3, -0.25) is 0 Å². The van der Waals surface area contributed by atoms with Crippen LogP contribution in [0.15, 0.2) is 0 Å². The SMILES string of the molecule is BB(B)B(B(B)B)B(B(B)B)B(B(B(B(B)B)B(B)B)B(B(B)B)B(B)B)B(B(B(B(B)B)B(B)B)B(B(B)B)B(B)B)B(B(B(B(B(B)B)B(B)B)B(B(B)B)B(B)B)B(B(B(B)B)B(B)B)B(B(B)B)B(B)B)B(B(B(B(B)B)B(B)B)B(B(B)B)B(B)B)B(B(B(B)B)B(B)B)B(B(B)B)B(B)B. The summed E-state index contributed by atoms with van der Waals surface area (Å²) >= 11 is 0. The summed E-state index contributed by atoms with van der Waals surface area (Å²) in [5, 5.41) is 0. The first-order valence-electron chi connectivity index (χ1n) is 48.2. The fraction of sp³-hybridized carbons (Fsp3) is 0. The van der Waals surface area contributed by atoms with Crippen LogP contribution in [0.4, 0.5) is 0 Å². The molecule has 106 heteroatoms. The van der Waals surface area contributed by atoms with Gasteiger partial charge in [-0.15, -0.1) is 0 Å². The predicted molar refractivity (Wildman–Crippen MR) is 761 cm³/mol. The van der Waals surface area contributed by atoms with Crippen molar-refractivity contribution in [3.8, 4) is 0 Å². The van der Waals surface area contributed by atoms with E-state index < -0.39 is 0 Å². The van der Waals surface area contributed by atoms with Crippen molar-refractivity contribution in [1.29, 1.82) is 0 Å². The first kappa shape index (κ1) is 113. The second kappa shape index (κ2) is 51.8. The summed E-state index contributed by atoms with van der Waals surface area (Å²) < 4.78 is 0. The first-order valence-corrected chi connectivity index (χ1v) is 48.2. The molecule has 0 saturated carbocycles. The number of rotatable bonds is 51. The smallest absolute Gasteiger partial charge is 0.000000147 e. The van der Waals surface area contributed by atoms with Gasteiger partial charge in [-0.05, 0) is 0 Å². The maximum Gasteiger partial charge on any atom is 0.0552 e. The molecule has 0 unspecified atom stereocenters. The molecule has 0 aliphatic rings. The Bertz CT molecular complexity index is 1820. The molecule has 0 aromatic rings. The molecule has 0 amide bonds. The predicted octanol–water partition coefficient (Wildman–Crippen LogP) is -69.3. The van der Waals surface area contributed by atoms with E-state index in [1.54, 1.807) is 0 Å². The Kier molecular flexibility index (Phi) is 55.2. The molecule has 426 valence electrons. The molecule has 0 rings (SSSR count). The molecular formula is H108B106. The van der Waals surface area contributed by atoms with Crippen LogP contribution in [0.3, 0.4) is 0 Å². The largest absolute Gasteiger partial charge is 0.0552 e. The van der Waals surface area contributed by atoms with E-state index in [1.165, 1.54) is 0 Å². The molecule has 0 aromatic heterocycles. The molecule has 0 aliphatic carbocycles. The highest BCUT2D eigenvalue weighted by Crippen LogP contribution is 2.31. The first-order chi connectivity index (χ1) is 48.2. The minimum Gasteiger partial charge on any atom is 0.000000147 e. The fourth-order valence-electron chi connectivity index (χ4n) is 31.2. The van der Waals surface area contributed by atoms with Crippen LogP contribution >= 0.6 is 0 Å². The molecule has 0 spiro atoms. The van der Waals surface area contributed by atoms with Crippen molar-refractivity contribution in [1.82, 2.24) is 0 Å². The lowest BCUT2D eigenvalue weighted by molar-refractivity contribution is 3.12. The molecule has 0 aliphatic heterocycles. The summed E-state index contributed by atoms with van der Waals surface area (Å²) in [5.74, 6) is 0. The van der Waals surface area contributed by atoms with Crippen LogP contribution in [0.2, 0.25) is 0 Å². The minimum atomic E-state index is 0.392. The average Bonchev–Trinajstić information content (AvgIpc) is 3.42. The zero-order chi connectivity index (χ0) is 84.0. The highest BCUT2D eigenvalue weighted by Gasteiger charge is 2.70. The third-order valence-electron chi connectivity index (χ3n) is 31.5. The van der Waals surface area contributed by atoms with E-state index in [0.29, 0.717) is 332 Å². The van der Waals surface area contributed by atoms with Crippen molar-refractivity contribution in [2.24, 2.45) is 0 Å². The second-order valence-electron chi connectivity index (χ2n) is 48.0. The summed E-state index contributed by atoms with van der Waals surface area (Å²) in [4.78, 5) is 0. The Hall–Kier alpha value is 6.88. The average molecular weight is 1250 g/mol. The van der Waals surface area contributed by atoms with Gasteiger partial charge in [0.2, 0.25) is 0 Å². The van der Waals surface area contributed by atoms with Gasteiger partial charge in [0, 0.05) is 332 Å². The van der Waals surface area contributed by atoms with Gasteiger partial charge in [0.15, 0.2) is 0 Å². The monoisotopic (exact) mass is 1280 g/mol. The van der Waals surface area contributed by atoms with Crippen LogP contribution in [-0.2, 0) is 0 Å². The lowest BCUT2D eigenvalue weighted by Crippen LogP contribution is -3.02. The van der Waals surface area contributed by atoms with Gasteiger partial charge in [0.1, 0.15) is 0 Å². The molecule has 0 radical (unpaired) electrons. The van der Waals surface area contributed by atoms with E-state index >= 15 is 0 Å². The van der Waals surface area contributed by atoms with Gasteiger partial charge in [0.25, 0.3) is 0 Å². The Morgan fingerprint density at radius 2 is 0.0849 bits per heavy atom. The van der Waals surface area contributed by atoms with Gasteiger partial charge in [-0.2, -0.15) is 0 Å². The van der Waals surface area contributed by atoms with E-state index in [-0.39, 0.29) is 0 Å². The van der Waals surface area contributed by atoms with Gasteiger partial charge in [0.05, 0.1) is 418 Å². The van der Waals surface area contributed by atoms with Crippen molar-refractivity contribution in [3.05, 3.63) is 0 Å². The quantitative estimate of drug-likeness (QED) is 0.0533. The topological polar surface area (TPSA) is 0 Å². The van der Waals surface area contributed by atoms with Crippen LogP contribution in [0.5, 0.6) is 0 Å². The summed E-state index contributed by atoms with van der Waals surface area (Å²) in [5.41, 5.74) is 0. The molecule has 0 bridgehead atoms. The third kappa shape index (κ3) is 30.1. The van der Waals surface area contributed by atoms with Gasteiger partial charge < -0.3 is 0 Å². The van der Waals surface area contributed by atoms with E-state index in [4.69, 9.17) is 0 Å². The van der Waals surface area contributed by atoms with Crippen molar-refractivity contribution >= 4 is 750 Å². The van der Waals surface area contributed by atoms with Crippen molar-refractivity contribution in [3.63, 3.8) is 0 Å². The zero-order valence-corrected chi connectivity index (χ0v) is 84.0. The van der Waals surface area contributed by atoms with Gasteiger partial charge >= 0.3 is 0 Å². The molecule has 0 saturated heterocycles. The number of hydrogen-bond acceptors (Lipinski definition) is 0. The van der Waals surface area contributed by atoms with Gasteiger partial charge in [-0.1, -0.05) is 0 Å². The van der Waals surface area contributed by atoms with E-state index in [0.717, 1.165) is 0 Å². The maximum absolute atomic E-state index is 2.87. The van der Waals surface area contributed by atoms with Crippen molar-refractivity contribution in [2.75, 3.05) is 0 Å². The highest BCUT2D eigenvalue weighted by atomic mass is 13.5. The molecule has 106 heavy (non-hydrogen) atoms. The van der Waals surface area contributed by atoms with Crippen molar-refractivity contribution in [2.45, 2.75) is 0 Å². The maximum atomic E-state index is 2.87. The summed E-state index contributed by atoms with van der Waals surface area (Å²) in [7, 11) is 151.